The lowest BCUT2D eigenvalue weighted by molar-refractivity contribution is -0.147. The number of ether oxygens (including phenoxy) is 2. The Morgan fingerprint density at radius 3 is 3.00 bits per heavy atom. The minimum absolute atomic E-state index is 0.0828. The summed E-state index contributed by atoms with van der Waals surface area (Å²) in [5.74, 6) is 0.0828. The van der Waals surface area contributed by atoms with Crippen LogP contribution in [0.3, 0.4) is 0 Å². The molecule has 3 atom stereocenters. The van der Waals surface area contributed by atoms with E-state index in [1.165, 1.54) is 6.42 Å². The van der Waals surface area contributed by atoms with Gasteiger partial charge in [-0.1, -0.05) is 0 Å². The van der Waals surface area contributed by atoms with Gasteiger partial charge in [0.05, 0.1) is 24.9 Å². The molecule has 6 heteroatoms. The molecule has 24 heavy (non-hydrogen) atoms. The van der Waals surface area contributed by atoms with Gasteiger partial charge in [0.15, 0.2) is 0 Å². The van der Waals surface area contributed by atoms with Crippen molar-refractivity contribution in [3.63, 3.8) is 0 Å². The fraction of sp³-hybridized carbons (Fsp3) is 0.778. The molecule has 0 spiro atoms. The SMILES string of the molecule is Cc1cnn([C@@H]2CCCN(C(=O)[C@H](C)OC[C@@H]3CCCCO3)C2)c1. The quantitative estimate of drug-likeness (QED) is 0.829. The molecule has 0 N–H and O–H groups in total. The van der Waals surface area contributed by atoms with Gasteiger partial charge >= 0.3 is 0 Å². The number of nitrogens with zero attached hydrogens (tertiary/aromatic N) is 3. The Bertz CT molecular complexity index is 539. The number of hydrogen-bond acceptors (Lipinski definition) is 4. The Kier molecular flexibility index (Phi) is 5.89. The predicted molar refractivity (Wildman–Crippen MR) is 90.8 cm³/mol. The van der Waals surface area contributed by atoms with E-state index < -0.39 is 6.10 Å². The summed E-state index contributed by atoms with van der Waals surface area (Å²) in [6.07, 6.45) is 9.09. The highest BCUT2D eigenvalue weighted by Crippen LogP contribution is 2.22. The van der Waals surface area contributed by atoms with Gasteiger partial charge in [-0.15, -0.1) is 0 Å². The summed E-state index contributed by atoms with van der Waals surface area (Å²) < 4.78 is 13.5. The van der Waals surface area contributed by atoms with E-state index in [0.717, 1.165) is 44.4 Å². The van der Waals surface area contributed by atoms with Gasteiger partial charge in [0.25, 0.3) is 5.91 Å². The molecule has 0 saturated carbocycles. The van der Waals surface area contributed by atoms with Crippen LogP contribution < -0.4 is 0 Å². The van der Waals surface area contributed by atoms with Crippen molar-refractivity contribution < 1.29 is 14.3 Å². The van der Waals surface area contributed by atoms with Crippen molar-refractivity contribution in [2.75, 3.05) is 26.3 Å². The molecule has 0 aromatic carbocycles. The van der Waals surface area contributed by atoms with Gasteiger partial charge in [-0.2, -0.15) is 5.10 Å². The van der Waals surface area contributed by atoms with E-state index in [2.05, 4.69) is 11.3 Å². The molecule has 0 unspecified atom stereocenters. The Morgan fingerprint density at radius 1 is 1.42 bits per heavy atom. The molecule has 1 amide bonds. The lowest BCUT2D eigenvalue weighted by Crippen LogP contribution is -2.46. The van der Waals surface area contributed by atoms with Gasteiger partial charge in [0, 0.05) is 25.9 Å². The average molecular weight is 335 g/mol. The molecule has 2 saturated heterocycles. The molecule has 3 heterocycles. The maximum atomic E-state index is 12.7. The summed E-state index contributed by atoms with van der Waals surface area (Å²) in [4.78, 5) is 14.6. The molecule has 2 fully saturated rings. The molecular formula is C18H29N3O3. The second-order valence-corrected chi connectivity index (χ2v) is 7.04. The third-order valence-electron chi connectivity index (χ3n) is 4.97. The molecule has 134 valence electrons. The van der Waals surface area contributed by atoms with E-state index in [1.54, 1.807) is 0 Å². The summed E-state index contributed by atoms with van der Waals surface area (Å²) in [5, 5.41) is 4.41. The molecule has 1 aromatic rings. The van der Waals surface area contributed by atoms with Gasteiger partial charge < -0.3 is 14.4 Å². The number of carbonyl (C=O) groups excluding carboxylic acids is 1. The lowest BCUT2D eigenvalue weighted by atomic mass is 10.1. The van der Waals surface area contributed by atoms with Crippen molar-refractivity contribution >= 4 is 5.91 Å². The largest absolute Gasteiger partial charge is 0.376 e. The molecule has 0 aliphatic carbocycles. The van der Waals surface area contributed by atoms with Crippen LogP contribution in [0.1, 0.15) is 50.6 Å². The van der Waals surface area contributed by atoms with Gasteiger partial charge in [0.1, 0.15) is 6.10 Å². The van der Waals surface area contributed by atoms with Crippen LogP contribution in [0, 0.1) is 6.92 Å². The summed E-state index contributed by atoms with van der Waals surface area (Å²) in [7, 11) is 0. The van der Waals surface area contributed by atoms with Gasteiger partial charge in [-0.3, -0.25) is 9.48 Å². The summed E-state index contributed by atoms with van der Waals surface area (Å²) in [5.41, 5.74) is 1.16. The molecule has 0 bridgehead atoms. The minimum Gasteiger partial charge on any atom is -0.376 e. The monoisotopic (exact) mass is 335 g/mol. The van der Waals surface area contributed by atoms with Crippen molar-refractivity contribution in [3.05, 3.63) is 18.0 Å². The second-order valence-electron chi connectivity index (χ2n) is 7.04. The number of piperidine rings is 1. The molecular weight excluding hydrogens is 306 g/mol. The first-order valence-electron chi connectivity index (χ1n) is 9.16. The summed E-state index contributed by atoms with van der Waals surface area (Å²) >= 11 is 0. The minimum atomic E-state index is -0.409. The summed E-state index contributed by atoms with van der Waals surface area (Å²) in [6.45, 7) is 6.75. The van der Waals surface area contributed by atoms with Crippen molar-refractivity contribution in [2.45, 2.75) is 64.2 Å². The topological polar surface area (TPSA) is 56.6 Å². The predicted octanol–water partition coefficient (Wildman–Crippen LogP) is 2.33. The highest BCUT2D eigenvalue weighted by atomic mass is 16.5. The normalized spacial score (nSPS) is 26.3. The van der Waals surface area contributed by atoms with Crippen molar-refractivity contribution in [1.29, 1.82) is 0 Å². The van der Waals surface area contributed by atoms with E-state index in [1.807, 2.05) is 29.6 Å². The smallest absolute Gasteiger partial charge is 0.251 e. The number of likely N-dealkylation sites (tertiary alicyclic amines) is 1. The number of carbonyl (C=O) groups is 1. The van der Waals surface area contributed by atoms with Crippen LogP contribution >= 0.6 is 0 Å². The van der Waals surface area contributed by atoms with Gasteiger partial charge in [-0.25, -0.2) is 0 Å². The molecule has 3 rings (SSSR count). The third kappa shape index (κ3) is 4.36. The first-order valence-corrected chi connectivity index (χ1v) is 9.16. The molecule has 6 nitrogen and oxygen atoms in total. The van der Waals surface area contributed by atoms with E-state index >= 15 is 0 Å². The fourth-order valence-electron chi connectivity index (χ4n) is 3.52. The molecule has 0 radical (unpaired) electrons. The van der Waals surface area contributed by atoms with Crippen LogP contribution in [0.2, 0.25) is 0 Å². The number of aromatic nitrogens is 2. The van der Waals surface area contributed by atoms with E-state index in [9.17, 15) is 4.79 Å². The van der Waals surface area contributed by atoms with E-state index in [0.29, 0.717) is 13.2 Å². The highest BCUT2D eigenvalue weighted by Gasteiger charge is 2.29. The van der Waals surface area contributed by atoms with Crippen LogP contribution in [-0.4, -0.2) is 59.1 Å². The molecule has 1 aromatic heterocycles. The van der Waals surface area contributed by atoms with Crippen LogP contribution in [-0.2, 0) is 14.3 Å². The number of aryl methyl sites for hydroxylation is 1. The van der Waals surface area contributed by atoms with Gasteiger partial charge in [-0.05, 0) is 51.5 Å². The lowest BCUT2D eigenvalue weighted by Gasteiger charge is -2.34. The molecule has 2 aliphatic rings. The Labute approximate surface area is 144 Å². The first-order chi connectivity index (χ1) is 11.6. The van der Waals surface area contributed by atoms with Crippen molar-refractivity contribution in [2.24, 2.45) is 0 Å². The van der Waals surface area contributed by atoms with Gasteiger partial charge in [0.2, 0.25) is 0 Å². The maximum Gasteiger partial charge on any atom is 0.251 e. The van der Waals surface area contributed by atoms with Crippen LogP contribution in [0.15, 0.2) is 12.4 Å². The standard InChI is InChI=1S/C18H29N3O3/c1-14-10-19-21(11-14)16-6-5-8-20(12-16)18(22)15(2)24-13-17-7-3-4-9-23-17/h10-11,15-17H,3-9,12-13H2,1-2H3/t15-,16+,17-/m0/s1. The second kappa shape index (κ2) is 8.12. The van der Waals surface area contributed by atoms with Crippen LogP contribution in [0.5, 0.6) is 0 Å². The number of amides is 1. The average Bonchev–Trinajstić information content (AvgIpc) is 3.06. The third-order valence-corrected chi connectivity index (χ3v) is 4.97. The summed E-state index contributed by atoms with van der Waals surface area (Å²) in [6, 6.07) is 0.269. The van der Waals surface area contributed by atoms with Crippen LogP contribution in [0.25, 0.3) is 0 Å². The first kappa shape index (κ1) is 17.4. The fourth-order valence-corrected chi connectivity index (χ4v) is 3.52. The zero-order valence-electron chi connectivity index (χ0n) is 14.8. The highest BCUT2D eigenvalue weighted by molar-refractivity contribution is 5.80. The van der Waals surface area contributed by atoms with Crippen LogP contribution in [0.4, 0.5) is 0 Å². The zero-order valence-corrected chi connectivity index (χ0v) is 14.8. The zero-order chi connectivity index (χ0) is 16.9. The Balaban J connectivity index is 1.49. The van der Waals surface area contributed by atoms with E-state index in [-0.39, 0.29) is 18.1 Å². The van der Waals surface area contributed by atoms with Crippen molar-refractivity contribution in [1.82, 2.24) is 14.7 Å². The molecule has 2 aliphatic heterocycles. The maximum absolute atomic E-state index is 12.7. The van der Waals surface area contributed by atoms with E-state index in [4.69, 9.17) is 9.47 Å². The Morgan fingerprint density at radius 2 is 2.29 bits per heavy atom. The number of hydrogen-bond donors (Lipinski definition) is 0. The number of rotatable bonds is 5. The van der Waals surface area contributed by atoms with Crippen molar-refractivity contribution in [3.8, 4) is 0 Å². The Hall–Kier alpha value is -1.40.